The Balaban J connectivity index is 2.15. The van der Waals surface area contributed by atoms with Crippen LogP contribution in [0, 0.1) is 0 Å². The Bertz CT molecular complexity index is 1160. The minimum absolute atomic E-state index is 0.153. The molecule has 2 aromatic carbocycles. The Hall–Kier alpha value is -2.63. The summed E-state index contributed by atoms with van der Waals surface area (Å²) in [5.41, 5.74) is 2.68. The zero-order valence-corrected chi connectivity index (χ0v) is 15.3. The van der Waals surface area contributed by atoms with Crippen LogP contribution < -0.4 is 5.56 Å². The Morgan fingerprint density at radius 1 is 1.15 bits per heavy atom. The molecule has 0 saturated carbocycles. The minimum atomic E-state index is -0.153. The molecule has 0 N–H and O–H groups in total. The van der Waals surface area contributed by atoms with Gasteiger partial charge in [0.2, 0.25) is 0 Å². The normalized spacial score (nSPS) is 11.5. The molecule has 5 nitrogen and oxygen atoms in total. The van der Waals surface area contributed by atoms with Crippen LogP contribution in [-0.4, -0.2) is 27.8 Å². The maximum atomic E-state index is 13.3. The molecular weight excluding hydrogens is 350 g/mol. The Morgan fingerprint density at radius 3 is 2.65 bits per heavy atom. The SMILES string of the molecule is COCCc1nc2c(=O)n(-c3ccccc3)c3cc(Cl)ccc3c2n1C. The zero-order valence-electron chi connectivity index (χ0n) is 14.6. The lowest BCUT2D eigenvalue weighted by molar-refractivity contribution is 0.200. The number of para-hydroxylation sites is 1. The van der Waals surface area contributed by atoms with Gasteiger partial charge >= 0.3 is 0 Å². The summed E-state index contributed by atoms with van der Waals surface area (Å²) in [6.07, 6.45) is 0.640. The highest BCUT2D eigenvalue weighted by atomic mass is 35.5. The molecule has 2 aromatic heterocycles. The van der Waals surface area contributed by atoms with Crippen LogP contribution in [0.1, 0.15) is 5.82 Å². The fourth-order valence-corrected chi connectivity index (χ4v) is 3.52. The van der Waals surface area contributed by atoms with Gasteiger partial charge in [0.25, 0.3) is 5.56 Å². The number of benzene rings is 2. The van der Waals surface area contributed by atoms with Crippen molar-refractivity contribution in [3.63, 3.8) is 0 Å². The number of aryl methyl sites for hydroxylation is 1. The molecule has 2 heterocycles. The molecule has 0 fully saturated rings. The molecule has 26 heavy (non-hydrogen) atoms. The van der Waals surface area contributed by atoms with Crippen LogP contribution in [-0.2, 0) is 18.2 Å². The lowest BCUT2D eigenvalue weighted by Crippen LogP contribution is -2.19. The van der Waals surface area contributed by atoms with Gasteiger partial charge < -0.3 is 9.30 Å². The molecule has 132 valence electrons. The monoisotopic (exact) mass is 367 g/mol. The lowest BCUT2D eigenvalue weighted by atomic mass is 10.1. The maximum absolute atomic E-state index is 13.3. The summed E-state index contributed by atoms with van der Waals surface area (Å²) in [6.45, 7) is 0.549. The van der Waals surface area contributed by atoms with Crippen molar-refractivity contribution in [2.45, 2.75) is 6.42 Å². The molecule has 4 rings (SSSR count). The Labute approximate surface area is 155 Å². The van der Waals surface area contributed by atoms with E-state index in [4.69, 9.17) is 16.3 Å². The number of methoxy groups -OCH3 is 1. The third-order valence-electron chi connectivity index (χ3n) is 4.59. The second kappa shape index (κ2) is 6.59. The first kappa shape index (κ1) is 16.8. The molecule has 0 radical (unpaired) electrons. The van der Waals surface area contributed by atoms with Gasteiger partial charge in [0, 0.05) is 36.7 Å². The van der Waals surface area contributed by atoms with E-state index in [9.17, 15) is 4.79 Å². The summed E-state index contributed by atoms with van der Waals surface area (Å²) in [4.78, 5) is 17.9. The second-order valence-electron chi connectivity index (χ2n) is 6.16. The average Bonchev–Trinajstić information content (AvgIpc) is 2.98. The largest absolute Gasteiger partial charge is 0.384 e. The van der Waals surface area contributed by atoms with E-state index in [1.807, 2.05) is 60.1 Å². The van der Waals surface area contributed by atoms with Gasteiger partial charge in [-0.3, -0.25) is 9.36 Å². The standard InChI is InChI=1S/C20H18ClN3O2/c1-23-17(10-11-26-2)22-18-19(23)15-9-8-13(21)12-16(15)24(20(18)25)14-6-4-3-5-7-14/h3-9,12H,10-11H2,1-2H3. The zero-order chi connectivity index (χ0) is 18.3. The van der Waals surface area contributed by atoms with Crippen molar-refractivity contribution >= 4 is 33.5 Å². The number of rotatable bonds is 4. The van der Waals surface area contributed by atoms with Gasteiger partial charge in [-0.05, 0) is 30.3 Å². The number of aromatic nitrogens is 3. The number of hydrogen-bond donors (Lipinski definition) is 0. The molecule has 0 aliphatic carbocycles. The first-order valence-electron chi connectivity index (χ1n) is 8.35. The number of imidazole rings is 1. The van der Waals surface area contributed by atoms with Crippen LogP contribution in [0.15, 0.2) is 53.3 Å². The van der Waals surface area contributed by atoms with Gasteiger partial charge in [-0.2, -0.15) is 0 Å². The summed E-state index contributed by atoms with van der Waals surface area (Å²) in [5.74, 6) is 0.820. The van der Waals surface area contributed by atoms with Crippen LogP contribution in [0.3, 0.4) is 0 Å². The predicted octanol–water partition coefficient (Wildman–Crippen LogP) is 3.72. The van der Waals surface area contributed by atoms with Crippen molar-refractivity contribution in [3.8, 4) is 5.69 Å². The van der Waals surface area contributed by atoms with Crippen LogP contribution in [0.2, 0.25) is 5.02 Å². The van der Waals surface area contributed by atoms with E-state index in [0.717, 1.165) is 27.9 Å². The minimum Gasteiger partial charge on any atom is -0.384 e. The second-order valence-corrected chi connectivity index (χ2v) is 6.60. The smallest absolute Gasteiger partial charge is 0.283 e. The predicted molar refractivity (Wildman–Crippen MR) is 104 cm³/mol. The lowest BCUT2D eigenvalue weighted by Gasteiger charge is -2.12. The molecule has 0 spiro atoms. The number of hydrogen-bond acceptors (Lipinski definition) is 3. The first-order valence-corrected chi connectivity index (χ1v) is 8.73. The van der Waals surface area contributed by atoms with Gasteiger partial charge in [0.1, 0.15) is 5.82 Å². The van der Waals surface area contributed by atoms with Crippen molar-refractivity contribution in [1.82, 2.24) is 14.1 Å². The van der Waals surface area contributed by atoms with E-state index in [-0.39, 0.29) is 5.56 Å². The molecule has 0 bridgehead atoms. The van der Waals surface area contributed by atoms with Crippen LogP contribution in [0.5, 0.6) is 0 Å². The molecule has 6 heteroatoms. The summed E-state index contributed by atoms with van der Waals surface area (Å²) in [5, 5.41) is 1.52. The van der Waals surface area contributed by atoms with E-state index < -0.39 is 0 Å². The Morgan fingerprint density at radius 2 is 1.92 bits per heavy atom. The third kappa shape index (κ3) is 2.60. The third-order valence-corrected chi connectivity index (χ3v) is 4.83. The van der Waals surface area contributed by atoms with Gasteiger partial charge in [0.05, 0.1) is 17.6 Å². The number of pyridine rings is 1. The van der Waals surface area contributed by atoms with Crippen LogP contribution in [0.4, 0.5) is 0 Å². The number of ether oxygens (including phenoxy) is 1. The fraction of sp³-hybridized carbons (Fsp3) is 0.200. The number of halogens is 1. The highest BCUT2D eigenvalue weighted by molar-refractivity contribution is 6.31. The molecule has 0 saturated heterocycles. The Kier molecular flexibility index (Phi) is 4.26. The quantitative estimate of drug-likeness (QED) is 0.552. The van der Waals surface area contributed by atoms with E-state index in [2.05, 4.69) is 4.98 Å². The molecule has 0 aliphatic heterocycles. The van der Waals surface area contributed by atoms with Crippen molar-refractivity contribution in [2.24, 2.45) is 7.05 Å². The molecule has 0 aliphatic rings. The van der Waals surface area contributed by atoms with Gasteiger partial charge in [0.15, 0.2) is 5.52 Å². The van der Waals surface area contributed by atoms with Gasteiger partial charge in [-0.1, -0.05) is 29.8 Å². The summed E-state index contributed by atoms with van der Waals surface area (Å²) in [6, 6.07) is 15.2. The topological polar surface area (TPSA) is 49.0 Å². The van der Waals surface area contributed by atoms with Crippen LogP contribution >= 0.6 is 11.6 Å². The van der Waals surface area contributed by atoms with Crippen molar-refractivity contribution in [3.05, 3.63) is 69.7 Å². The van der Waals surface area contributed by atoms with Crippen molar-refractivity contribution in [2.75, 3.05) is 13.7 Å². The maximum Gasteiger partial charge on any atom is 0.283 e. The fourth-order valence-electron chi connectivity index (χ4n) is 3.36. The first-order chi connectivity index (χ1) is 12.6. The van der Waals surface area contributed by atoms with Crippen LogP contribution in [0.25, 0.3) is 27.6 Å². The summed E-state index contributed by atoms with van der Waals surface area (Å²) in [7, 11) is 3.59. The molecular formula is C20H18ClN3O2. The van der Waals surface area contributed by atoms with E-state index in [1.165, 1.54) is 0 Å². The van der Waals surface area contributed by atoms with E-state index in [1.54, 1.807) is 11.7 Å². The highest BCUT2D eigenvalue weighted by Crippen LogP contribution is 2.27. The van der Waals surface area contributed by atoms with Gasteiger partial charge in [-0.25, -0.2) is 4.98 Å². The molecule has 0 amide bonds. The van der Waals surface area contributed by atoms with Crippen molar-refractivity contribution < 1.29 is 4.74 Å². The van der Waals surface area contributed by atoms with Crippen molar-refractivity contribution in [1.29, 1.82) is 0 Å². The van der Waals surface area contributed by atoms with Gasteiger partial charge in [-0.15, -0.1) is 0 Å². The average molecular weight is 368 g/mol. The summed E-state index contributed by atoms with van der Waals surface area (Å²) < 4.78 is 8.82. The highest BCUT2D eigenvalue weighted by Gasteiger charge is 2.18. The number of fused-ring (bicyclic) bond motifs is 3. The van der Waals surface area contributed by atoms with E-state index >= 15 is 0 Å². The molecule has 4 aromatic rings. The molecule has 0 atom stereocenters. The number of nitrogens with zero attached hydrogens (tertiary/aromatic N) is 3. The van der Waals surface area contributed by atoms with E-state index in [0.29, 0.717) is 23.6 Å². The molecule has 0 unspecified atom stereocenters. The summed E-state index contributed by atoms with van der Waals surface area (Å²) >= 11 is 6.24.